The first-order valence-electron chi connectivity index (χ1n) is 6.14. The van der Waals surface area contributed by atoms with Gasteiger partial charge in [0.1, 0.15) is 5.75 Å². The molecule has 0 saturated carbocycles. The summed E-state index contributed by atoms with van der Waals surface area (Å²) >= 11 is 0. The molecule has 1 aliphatic heterocycles. The highest BCUT2D eigenvalue weighted by molar-refractivity contribution is 5.84. The van der Waals surface area contributed by atoms with E-state index < -0.39 is 5.79 Å². The third-order valence-corrected chi connectivity index (χ3v) is 3.31. The molecule has 1 aromatic carbocycles. The molecule has 1 saturated heterocycles. The normalized spacial score (nSPS) is 17.5. The quantitative estimate of drug-likeness (QED) is 0.792. The smallest absolute Gasteiger partial charge is 0.215 e. The van der Waals surface area contributed by atoms with Gasteiger partial charge in [-0.15, -0.1) is 0 Å². The summed E-state index contributed by atoms with van der Waals surface area (Å²) in [6.07, 6.45) is 3.44. The van der Waals surface area contributed by atoms with Crippen LogP contribution in [0.5, 0.6) is 5.75 Å². The standard InChI is InChI=1S/C15H15NO3/c1-3-15(18-8-9-19-15)13-6-7-16-14-10-11(17-2)4-5-12(13)14/h3-7,10H,1,8-9H2,2H3. The number of rotatable bonds is 3. The van der Waals surface area contributed by atoms with Gasteiger partial charge in [0.2, 0.25) is 5.79 Å². The zero-order valence-corrected chi connectivity index (χ0v) is 10.8. The van der Waals surface area contributed by atoms with Gasteiger partial charge in [-0.3, -0.25) is 4.98 Å². The van der Waals surface area contributed by atoms with Crippen molar-refractivity contribution in [1.29, 1.82) is 0 Å². The maximum atomic E-state index is 5.74. The van der Waals surface area contributed by atoms with Crippen molar-refractivity contribution in [3.63, 3.8) is 0 Å². The number of methoxy groups -OCH3 is 1. The minimum absolute atomic E-state index is 0.561. The Morgan fingerprint density at radius 2 is 2.11 bits per heavy atom. The first-order chi connectivity index (χ1) is 9.29. The third-order valence-electron chi connectivity index (χ3n) is 3.31. The highest BCUT2D eigenvalue weighted by atomic mass is 16.7. The van der Waals surface area contributed by atoms with Crippen molar-refractivity contribution in [2.24, 2.45) is 0 Å². The van der Waals surface area contributed by atoms with Crippen molar-refractivity contribution in [3.8, 4) is 5.75 Å². The second-order valence-electron chi connectivity index (χ2n) is 4.31. The maximum absolute atomic E-state index is 5.74. The van der Waals surface area contributed by atoms with Gasteiger partial charge < -0.3 is 14.2 Å². The molecule has 0 atom stereocenters. The molecular formula is C15H15NO3. The van der Waals surface area contributed by atoms with E-state index in [1.165, 1.54) is 0 Å². The average Bonchev–Trinajstić information content (AvgIpc) is 2.96. The van der Waals surface area contributed by atoms with Gasteiger partial charge in [-0.25, -0.2) is 0 Å². The Hall–Kier alpha value is -1.91. The molecular weight excluding hydrogens is 242 g/mol. The van der Waals surface area contributed by atoms with E-state index in [1.807, 2.05) is 24.3 Å². The van der Waals surface area contributed by atoms with Gasteiger partial charge in [0, 0.05) is 23.2 Å². The van der Waals surface area contributed by atoms with Crippen molar-refractivity contribution in [2.75, 3.05) is 20.3 Å². The van der Waals surface area contributed by atoms with E-state index in [4.69, 9.17) is 14.2 Å². The zero-order valence-electron chi connectivity index (χ0n) is 10.8. The third kappa shape index (κ3) is 1.89. The lowest BCUT2D eigenvalue weighted by Gasteiger charge is -2.25. The Kier molecular flexibility index (Phi) is 2.97. The van der Waals surface area contributed by atoms with Crippen LogP contribution in [0.4, 0.5) is 0 Å². The molecule has 0 bridgehead atoms. The molecule has 0 spiro atoms. The van der Waals surface area contributed by atoms with Gasteiger partial charge in [0.15, 0.2) is 0 Å². The van der Waals surface area contributed by atoms with Crippen molar-refractivity contribution >= 4 is 10.9 Å². The fourth-order valence-electron chi connectivity index (χ4n) is 2.37. The first kappa shape index (κ1) is 12.1. The van der Waals surface area contributed by atoms with Crippen LogP contribution in [0.3, 0.4) is 0 Å². The molecule has 0 unspecified atom stereocenters. The molecule has 0 radical (unpaired) electrons. The summed E-state index contributed by atoms with van der Waals surface area (Å²) < 4.78 is 16.7. The summed E-state index contributed by atoms with van der Waals surface area (Å²) in [5, 5.41) is 0.977. The molecule has 0 N–H and O–H groups in total. The van der Waals surface area contributed by atoms with Crippen LogP contribution in [-0.4, -0.2) is 25.3 Å². The minimum atomic E-state index is -0.865. The number of ether oxygens (including phenoxy) is 3. The molecule has 19 heavy (non-hydrogen) atoms. The molecule has 4 nitrogen and oxygen atoms in total. The summed E-state index contributed by atoms with van der Waals surface area (Å²) in [5.74, 6) is -0.0893. The summed E-state index contributed by atoms with van der Waals surface area (Å²) in [6.45, 7) is 4.96. The van der Waals surface area contributed by atoms with Crippen LogP contribution in [0.15, 0.2) is 43.1 Å². The summed E-state index contributed by atoms with van der Waals surface area (Å²) in [7, 11) is 1.64. The average molecular weight is 257 g/mol. The number of fused-ring (bicyclic) bond motifs is 1. The predicted molar refractivity (Wildman–Crippen MR) is 72.1 cm³/mol. The zero-order chi connectivity index (χ0) is 13.3. The number of nitrogens with zero attached hydrogens (tertiary/aromatic N) is 1. The van der Waals surface area contributed by atoms with Gasteiger partial charge in [-0.1, -0.05) is 6.58 Å². The lowest BCUT2D eigenvalue weighted by Crippen LogP contribution is -2.24. The Balaban J connectivity index is 2.21. The Bertz CT molecular complexity index is 618. The van der Waals surface area contributed by atoms with Crippen molar-refractivity contribution < 1.29 is 14.2 Å². The van der Waals surface area contributed by atoms with Gasteiger partial charge in [0.05, 0.1) is 25.8 Å². The van der Waals surface area contributed by atoms with Gasteiger partial charge >= 0.3 is 0 Å². The fourth-order valence-corrected chi connectivity index (χ4v) is 2.37. The number of benzene rings is 1. The van der Waals surface area contributed by atoms with Gasteiger partial charge in [-0.2, -0.15) is 0 Å². The lowest BCUT2D eigenvalue weighted by atomic mass is 10.0. The van der Waals surface area contributed by atoms with Crippen molar-refractivity contribution in [2.45, 2.75) is 5.79 Å². The van der Waals surface area contributed by atoms with Crippen LogP contribution < -0.4 is 4.74 Å². The summed E-state index contributed by atoms with van der Waals surface area (Å²) in [4.78, 5) is 4.36. The topological polar surface area (TPSA) is 40.6 Å². The van der Waals surface area contributed by atoms with Gasteiger partial charge in [-0.05, 0) is 24.3 Å². The van der Waals surface area contributed by atoms with Crippen LogP contribution in [0.2, 0.25) is 0 Å². The molecule has 3 rings (SSSR count). The molecule has 2 aromatic rings. The molecule has 1 aromatic heterocycles. The van der Waals surface area contributed by atoms with Crippen LogP contribution in [0.25, 0.3) is 10.9 Å². The Morgan fingerprint density at radius 1 is 1.32 bits per heavy atom. The van der Waals surface area contributed by atoms with E-state index in [1.54, 1.807) is 19.4 Å². The molecule has 2 heterocycles. The molecule has 1 aliphatic rings. The van der Waals surface area contributed by atoms with E-state index in [2.05, 4.69) is 11.6 Å². The second kappa shape index (κ2) is 4.64. The van der Waals surface area contributed by atoms with E-state index >= 15 is 0 Å². The fraction of sp³-hybridized carbons (Fsp3) is 0.267. The first-order valence-corrected chi connectivity index (χ1v) is 6.14. The summed E-state index contributed by atoms with van der Waals surface area (Å²) in [6, 6.07) is 7.67. The SMILES string of the molecule is C=CC1(c2ccnc3cc(OC)ccc23)OCCO1. The van der Waals surface area contributed by atoms with Crippen LogP contribution in [0.1, 0.15) is 5.56 Å². The van der Waals surface area contributed by atoms with E-state index in [9.17, 15) is 0 Å². The van der Waals surface area contributed by atoms with Crippen LogP contribution >= 0.6 is 0 Å². The number of aromatic nitrogens is 1. The van der Waals surface area contributed by atoms with E-state index in [0.29, 0.717) is 13.2 Å². The molecule has 0 amide bonds. The van der Waals surface area contributed by atoms with Crippen LogP contribution in [0, 0.1) is 0 Å². The number of pyridine rings is 1. The highest BCUT2D eigenvalue weighted by Gasteiger charge is 2.36. The number of hydrogen-bond donors (Lipinski definition) is 0. The minimum Gasteiger partial charge on any atom is -0.497 e. The summed E-state index contributed by atoms with van der Waals surface area (Å²) in [5.41, 5.74) is 1.77. The van der Waals surface area contributed by atoms with E-state index in [0.717, 1.165) is 22.2 Å². The van der Waals surface area contributed by atoms with Gasteiger partial charge in [0.25, 0.3) is 0 Å². The molecule has 0 aliphatic carbocycles. The predicted octanol–water partition coefficient (Wildman–Crippen LogP) is 2.63. The Morgan fingerprint density at radius 3 is 2.79 bits per heavy atom. The maximum Gasteiger partial charge on any atom is 0.215 e. The molecule has 4 heteroatoms. The largest absolute Gasteiger partial charge is 0.497 e. The highest BCUT2D eigenvalue weighted by Crippen LogP contribution is 2.37. The van der Waals surface area contributed by atoms with Crippen molar-refractivity contribution in [1.82, 2.24) is 4.98 Å². The molecule has 1 fully saturated rings. The Labute approximate surface area is 111 Å². The lowest BCUT2D eigenvalue weighted by molar-refractivity contribution is -0.121. The second-order valence-corrected chi connectivity index (χ2v) is 4.31. The monoisotopic (exact) mass is 257 g/mol. The molecule has 98 valence electrons. The van der Waals surface area contributed by atoms with E-state index in [-0.39, 0.29) is 0 Å². The van der Waals surface area contributed by atoms with Crippen LogP contribution in [-0.2, 0) is 15.3 Å². The van der Waals surface area contributed by atoms with Crippen molar-refractivity contribution in [3.05, 3.63) is 48.7 Å². The number of hydrogen-bond acceptors (Lipinski definition) is 4.